The number of carbonyl (C=O) groups excluding carboxylic acids is 3. The first kappa shape index (κ1) is 16.6. The quantitative estimate of drug-likeness (QED) is 0.719. The molecule has 0 radical (unpaired) electrons. The summed E-state index contributed by atoms with van der Waals surface area (Å²) in [5, 5.41) is 7.75. The van der Waals surface area contributed by atoms with Crippen molar-refractivity contribution in [3.63, 3.8) is 0 Å². The number of amides is 3. The Hall–Kier alpha value is -3.29. The molecule has 0 aliphatic carbocycles. The molecule has 3 rings (SSSR count). The van der Waals surface area contributed by atoms with Crippen LogP contribution in [0.4, 0.5) is 5.69 Å². The maximum absolute atomic E-state index is 12.0. The van der Waals surface area contributed by atoms with Gasteiger partial charge in [0.1, 0.15) is 11.5 Å². The van der Waals surface area contributed by atoms with Crippen LogP contribution in [0.1, 0.15) is 12.2 Å². The minimum atomic E-state index is -0.930. The van der Waals surface area contributed by atoms with Gasteiger partial charge >= 0.3 is 0 Å². The summed E-state index contributed by atoms with van der Waals surface area (Å²) in [6.45, 7) is 0.0527. The molecule has 1 aromatic heterocycles. The first-order valence-corrected chi connectivity index (χ1v) is 7.74. The summed E-state index contributed by atoms with van der Waals surface area (Å²) in [7, 11) is 0. The maximum Gasteiger partial charge on any atom is 0.266 e. The number of fused-ring (bicyclic) bond motifs is 1. The molecule has 0 saturated heterocycles. The molecule has 25 heavy (non-hydrogen) atoms. The van der Waals surface area contributed by atoms with Crippen molar-refractivity contribution in [3.8, 4) is 5.75 Å². The highest BCUT2D eigenvalue weighted by Gasteiger charge is 2.29. The van der Waals surface area contributed by atoms with Crippen LogP contribution in [-0.2, 0) is 20.9 Å². The number of hydrogen-bond acceptors (Lipinski definition) is 5. The van der Waals surface area contributed by atoms with Gasteiger partial charge in [-0.15, -0.1) is 0 Å². The van der Waals surface area contributed by atoms with Crippen LogP contribution in [0.3, 0.4) is 0 Å². The van der Waals surface area contributed by atoms with E-state index in [1.807, 2.05) is 0 Å². The van der Waals surface area contributed by atoms with Crippen LogP contribution in [-0.4, -0.2) is 30.4 Å². The molecule has 0 bridgehead atoms. The molecule has 0 saturated carbocycles. The van der Waals surface area contributed by atoms with E-state index >= 15 is 0 Å². The van der Waals surface area contributed by atoms with Crippen molar-refractivity contribution < 1.29 is 23.5 Å². The third-order valence-electron chi connectivity index (χ3n) is 3.56. The summed E-state index contributed by atoms with van der Waals surface area (Å²) >= 11 is 0. The standard InChI is InChI=1S/C17H17N3O5/c21-15(19-10-16(22)18-9-11-4-3-7-24-11)8-14-17(23)20-12-5-1-2-6-13(12)25-14/h1-7,14H,8-10H2,(H,18,22)(H,19,21)(H,20,23)/t14-/m0/s1. The molecule has 8 nitrogen and oxygen atoms in total. The molecule has 0 fully saturated rings. The molecule has 3 amide bonds. The minimum Gasteiger partial charge on any atom is -0.478 e. The molecule has 1 atom stereocenters. The van der Waals surface area contributed by atoms with Crippen molar-refractivity contribution in [3.05, 3.63) is 48.4 Å². The van der Waals surface area contributed by atoms with Crippen molar-refractivity contribution in [2.45, 2.75) is 19.1 Å². The van der Waals surface area contributed by atoms with Crippen LogP contribution in [0.25, 0.3) is 0 Å². The van der Waals surface area contributed by atoms with Crippen LogP contribution >= 0.6 is 0 Å². The molecule has 1 aromatic carbocycles. The van der Waals surface area contributed by atoms with Gasteiger partial charge in [-0.3, -0.25) is 14.4 Å². The molecule has 2 heterocycles. The monoisotopic (exact) mass is 343 g/mol. The number of ether oxygens (including phenoxy) is 1. The second-order valence-corrected chi connectivity index (χ2v) is 5.43. The predicted molar refractivity (Wildman–Crippen MR) is 87.7 cm³/mol. The minimum absolute atomic E-state index is 0.175. The fraction of sp³-hybridized carbons (Fsp3) is 0.235. The van der Waals surface area contributed by atoms with E-state index in [9.17, 15) is 14.4 Å². The Morgan fingerprint density at radius 2 is 1.92 bits per heavy atom. The maximum atomic E-state index is 12.0. The summed E-state index contributed by atoms with van der Waals surface area (Å²) in [6, 6.07) is 10.4. The van der Waals surface area contributed by atoms with Gasteiger partial charge in [-0.2, -0.15) is 0 Å². The Balaban J connectivity index is 1.43. The first-order chi connectivity index (χ1) is 12.1. The zero-order chi connectivity index (χ0) is 17.6. The van der Waals surface area contributed by atoms with Gasteiger partial charge in [0.25, 0.3) is 5.91 Å². The van der Waals surface area contributed by atoms with Crippen LogP contribution < -0.4 is 20.7 Å². The molecule has 0 spiro atoms. The highest BCUT2D eigenvalue weighted by molar-refractivity contribution is 6.00. The number of nitrogens with one attached hydrogen (secondary N) is 3. The lowest BCUT2D eigenvalue weighted by atomic mass is 10.1. The number of rotatable bonds is 6. The summed E-state index contributed by atoms with van der Waals surface area (Å²) in [5.74, 6) is -0.0744. The van der Waals surface area contributed by atoms with E-state index in [2.05, 4.69) is 16.0 Å². The van der Waals surface area contributed by atoms with Gasteiger partial charge in [0.2, 0.25) is 11.8 Å². The summed E-state index contributed by atoms with van der Waals surface area (Å²) in [4.78, 5) is 35.6. The van der Waals surface area contributed by atoms with Crippen LogP contribution in [0.2, 0.25) is 0 Å². The van der Waals surface area contributed by atoms with E-state index < -0.39 is 17.9 Å². The molecule has 0 unspecified atom stereocenters. The van der Waals surface area contributed by atoms with E-state index in [-0.39, 0.29) is 25.4 Å². The third kappa shape index (κ3) is 4.37. The summed E-state index contributed by atoms with van der Waals surface area (Å²) < 4.78 is 10.6. The van der Waals surface area contributed by atoms with Gasteiger partial charge in [0, 0.05) is 0 Å². The Kier molecular flexibility index (Phi) is 4.98. The highest BCUT2D eigenvalue weighted by Crippen LogP contribution is 2.29. The number of hydrogen-bond donors (Lipinski definition) is 3. The topological polar surface area (TPSA) is 110 Å². The van der Waals surface area contributed by atoms with Crippen molar-refractivity contribution in [2.24, 2.45) is 0 Å². The number of benzene rings is 1. The molecule has 1 aliphatic rings. The fourth-order valence-electron chi connectivity index (χ4n) is 2.31. The zero-order valence-corrected chi connectivity index (χ0v) is 13.3. The van der Waals surface area contributed by atoms with E-state index in [1.54, 1.807) is 36.4 Å². The van der Waals surface area contributed by atoms with Gasteiger partial charge in [-0.25, -0.2) is 0 Å². The van der Waals surface area contributed by atoms with Crippen molar-refractivity contribution >= 4 is 23.4 Å². The SMILES string of the molecule is O=C(CNC(=O)C[C@@H]1Oc2ccccc2NC1=O)NCc1ccco1. The van der Waals surface area contributed by atoms with Gasteiger partial charge in [0.15, 0.2) is 6.10 Å². The average Bonchev–Trinajstić information content (AvgIpc) is 3.12. The summed E-state index contributed by atoms with van der Waals surface area (Å²) in [5.41, 5.74) is 0.571. The fourth-order valence-corrected chi connectivity index (χ4v) is 2.31. The van der Waals surface area contributed by atoms with Crippen molar-refractivity contribution in [1.29, 1.82) is 0 Å². The number of carbonyl (C=O) groups is 3. The highest BCUT2D eigenvalue weighted by atomic mass is 16.5. The van der Waals surface area contributed by atoms with E-state index in [1.165, 1.54) is 6.26 Å². The number of furan rings is 1. The predicted octanol–water partition coefficient (Wildman–Crippen LogP) is 0.802. The molecule has 1 aliphatic heterocycles. The summed E-state index contributed by atoms with van der Waals surface area (Å²) in [6.07, 6.45) is 0.406. The Bertz CT molecular complexity index is 772. The number of anilines is 1. The van der Waals surface area contributed by atoms with Gasteiger partial charge in [-0.1, -0.05) is 12.1 Å². The lowest BCUT2D eigenvalue weighted by molar-refractivity contribution is -0.131. The largest absolute Gasteiger partial charge is 0.478 e. The number of para-hydroxylation sites is 2. The van der Waals surface area contributed by atoms with Gasteiger partial charge in [0.05, 0.1) is 31.5 Å². The average molecular weight is 343 g/mol. The zero-order valence-electron chi connectivity index (χ0n) is 13.3. The van der Waals surface area contributed by atoms with Crippen LogP contribution in [0.5, 0.6) is 5.75 Å². The second-order valence-electron chi connectivity index (χ2n) is 5.43. The van der Waals surface area contributed by atoms with Crippen molar-refractivity contribution in [2.75, 3.05) is 11.9 Å². The molecular formula is C17H17N3O5. The second kappa shape index (κ2) is 7.52. The Morgan fingerprint density at radius 1 is 1.08 bits per heavy atom. The molecule has 130 valence electrons. The van der Waals surface area contributed by atoms with E-state index in [0.29, 0.717) is 17.2 Å². The molecule has 2 aromatic rings. The lowest BCUT2D eigenvalue weighted by Gasteiger charge is -2.25. The normalized spacial score (nSPS) is 15.5. The van der Waals surface area contributed by atoms with Crippen LogP contribution in [0.15, 0.2) is 47.1 Å². The smallest absolute Gasteiger partial charge is 0.266 e. The molecule has 3 N–H and O–H groups in total. The van der Waals surface area contributed by atoms with Gasteiger partial charge in [-0.05, 0) is 24.3 Å². The van der Waals surface area contributed by atoms with E-state index in [0.717, 1.165) is 0 Å². The van der Waals surface area contributed by atoms with E-state index in [4.69, 9.17) is 9.15 Å². The van der Waals surface area contributed by atoms with Gasteiger partial charge < -0.3 is 25.1 Å². The molecular weight excluding hydrogens is 326 g/mol. The first-order valence-electron chi connectivity index (χ1n) is 7.74. The Labute approximate surface area is 143 Å². The third-order valence-corrected chi connectivity index (χ3v) is 3.56. The molecule has 8 heteroatoms. The van der Waals surface area contributed by atoms with Crippen molar-refractivity contribution in [1.82, 2.24) is 10.6 Å². The Morgan fingerprint density at radius 3 is 2.72 bits per heavy atom. The van der Waals surface area contributed by atoms with Crippen LogP contribution in [0, 0.1) is 0 Å². The lowest BCUT2D eigenvalue weighted by Crippen LogP contribution is -2.43.